The number of nitrogens with zero attached hydrogens (tertiary/aromatic N) is 3. The van der Waals surface area contributed by atoms with E-state index in [2.05, 4.69) is 59.8 Å². The van der Waals surface area contributed by atoms with E-state index in [1.165, 1.54) is 57.4 Å². The lowest BCUT2D eigenvalue weighted by Gasteiger charge is -2.37. The molecule has 24 heavy (non-hydrogen) atoms. The van der Waals surface area contributed by atoms with Crippen LogP contribution in [-0.2, 0) is 5.41 Å². The Morgan fingerprint density at radius 1 is 1.08 bits per heavy atom. The minimum Gasteiger partial charge on any atom is -0.298 e. The lowest BCUT2D eigenvalue weighted by atomic mass is 9.88. The lowest BCUT2D eigenvalue weighted by Crippen LogP contribution is -2.49. The average Bonchev–Trinajstić information content (AvgIpc) is 3.10. The molecule has 0 N–H and O–H groups in total. The zero-order chi connectivity index (χ0) is 17.0. The summed E-state index contributed by atoms with van der Waals surface area (Å²) in [5.74, 6) is 0. The van der Waals surface area contributed by atoms with Crippen molar-refractivity contribution in [2.24, 2.45) is 0 Å². The molecule has 132 valence electrons. The summed E-state index contributed by atoms with van der Waals surface area (Å²) in [4.78, 5) is 9.86. The fraction of sp³-hybridized carbons (Fsp3) is 0.667. The van der Waals surface area contributed by atoms with Gasteiger partial charge in [0.15, 0.2) is 0 Å². The van der Waals surface area contributed by atoms with Gasteiger partial charge in [0.2, 0.25) is 0 Å². The third kappa shape index (κ3) is 4.67. The van der Waals surface area contributed by atoms with E-state index in [0.29, 0.717) is 0 Å². The van der Waals surface area contributed by atoms with Crippen LogP contribution in [-0.4, -0.2) is 53.5 Å². The van der Waals surface area contributed by atoms with E-state index in [1.807, 2.05) is 6.20 Å². The largest absolute Gasteiger partial charge is 0.298 e. The molecule has 2 aliphatic rings. The fourth-order valence-corrected chi connectivity index (χ4v) is 3.85. The summed E-state index contributed by atoms with van der Waals surface area (Å²) in [5.41, 5.74) is 2.53. The normalized spacial score (nSPS) is 21.8. The van der Waals surface area contributed by atoms with Gasteiger partial charge in [-0.1, -0.05) is 45.8 Å². The molecule has 0 radical (unpaired) electrons. The van der Waals surface area contributed by atoms with Crippen LogP contribution in [0.1, 0.15) is 57.7 Å². The van der Waals surface area contributed by atoms with Gasteiger partial charge in [-0.15, -0.1) is 0 Å². The van der Waals surface area contributed by atoms with Crippen LogP contribution < -0.4 is 0 Å². The maximum absolute atomic E-state index is 4.58. The first-order chi connectivity index (χ1) is 11.5. The molecule has 1 aromatic heterocycles. The second-order valence-corrected chi connectivity index (χ2v) is 8.40. The molecule has 3 rings (SSSR count). The summed E-state index contributed by atoms with van der Waals surface area (Å²) in [6.45, 7) is 12.6. The molecular formula is C21H33N3. The Kier molecular flexibility index (Phi) is 5.72. The van der Waals surface area contributed by atoms with Crippen molar-refractivity contribution in [1.82, 2.24) is 14.8 Å². The van der Waals surface area contributed by atoms with Gasteiger partial charge in [0.05, 0.1) is 5.69 Å². The van der Waals surface area contributed by atoms with Gasteiger partial charge >= 0.3 is 0 Å². The highest BCUT2D eigenvalue weighted by atomic mass is 15.3. The van der Waals surface area contributed by atoms with Crippen molar-refractivity contribution in [3.8, 4) is 0 Å². The molecule has 0 bridgehead atoms. The Labute approximate surface area is 147 Å². The predicted molar refractivity (Wildman–Crippen MR) is 102 cm³/mol. The molecule has 3 nitrogen and oxygen atoms in total. The number of rotatable bonds is 4. The summed E-state index contributed by atoms with van der Waals surface area (Å²) in [7, 11) is 0. The van der Waals surface area contributed by atoms with E-state index in [1.54, 1.807) is 0 Å². The molecular weight excluding hydrogens is 294 g/mol. The smallest absolute Gasteiger partial charge is 0.0627 e. The minimum absolute atomic E-state index is 0.175. The monoisotopic (exact) mass is 327 g/mol. The van der Waals surface area contributed by atoms with Crippen molar-refractivity contribution >= 4 is 6.08 Å². The maximum atomic E-state index is 4.58. The van der Waals surface area contributed by atoms with Crippen molar-refractivity contribution in [2.75, 3.05) is 32.7 Å². The SMILES string of the molecule is CC(C)(C)c1ccc(/C=C/CN2CCN(C3CCCC3)CC2)nc1. The lowest BCUT2D eigenvalue weighted by molar-refractivity contribution is 0.105. The minimum atomic E-state index is 0.175. The number of aromatic nitrogens is 1. The van der Waals surface area contributed by atoms with Gasteiger partial charge in [-0.25, -0.2) is 0 Å². The maximum Gasteiger partial charge on any atom is 0.0627 e. The van der Waals surface area contributed by atoms with Crippen LogP contribution in [0.2, 0.25) is 0 Å². The molecule has 1 aliphatic heterocycles. The van der Waals surface area contributed by atoms with E-state index in [9.17, 15) is 0 Å². The summed E-state index contributed by atoms with van der Waals surface area (Å²) in [6.07, 6.45) is 12.2. The van der Waals surface area contributed by atoms with Crippen LogP contribution >= 0.6 is 0 Å². The molecule has 0 aromatic carbocycles. The Balaban J connectivity index is 1.43. The van der Waals surface area contributed by atoms with Crippen LogP contribution in [0.5, 0.6) is 0 Å². The molecule has 0 atom stereocenters. The third-order valence-corrected chi connectivity index (χ3v) is 5.55. The molecule has 0 amide bonds. The van der Waals surface area contributed by atoms with Crippen molar-refractivity contribution in [3.05, 3.63) is 35.7 Å². The highest BCUT2D eigenvalue weighted by Crippen LogP contribution is 2.24. The number of hydrogen-bond acceptors (Lipinski definition) is 3. The summed E-state index contributed by atoms with van der Waals surface area (Å²) in [5, 5.41) is 0. The highest BCUT2D eigenvalue weighted by Gasteiger charge is 2.25. The first-order valence-electron chi connectivity index (χ1n) is 9.62. The predicted octanol–water partition coefficient (Wildman–Crippen LogP) is 3.95. The van der Waals surface area contributed by atoms with Crippen molar-refractivity contribution in [2.45, 2.75) is 57.9 Å². The number of piperazine rings is 1. The summed E-state index contributed by atoms with van der Waals surface area (Å²) < 4.78 is 0. The number of hydrogen-bond donors (Lipinski definition) is 0. The zero-order valence-electron chi connectivity index (χ0n) is 15.7. The zero-order valence-corrected chi connectivity index (χ0v) is 15.7. The Hall–Kier alpha value is -1.19. The molecule has 2 fully saturated rings. The first kappa shape index (κ1) is 17.6. The first-order valence-corrected chi connectivity index (χ1v) is 9.62. The second kappa shape index (κ2) is 7.79. The van der Waals surface area contributed by atoms with E-state index in [-0.39, 0.29) is 5.41 Å². The second-order valence-electron chi connectivity index (χ2n) is 8.40. The Morgan fingerprint density at radius 3 is 2.38 bits per heavy atom. The van der Waals surface area contributed by atoms with Crippen molar-refractivity contribution in [3.63, 3.8) is 0 Å². The van der Waals surface area contributed by atoms with Crippen LogP contribution in [0.3, 0.4) is 0 Å². The van der Waals surface area contributed by atoms with Crippen LogP contribution in [0, 0.1) is 0 Å². The van der Waals surface area contributed by atoms with E-state index < -0.39 is 0 Å². The van der Waals surface area contributed by atoms with E-state index in [0.717, 1.165) is 18.3 Å². The van der Waals surface area contributed by atoms with Gasteiger partial charge in [0.1, 0.15) is 0 Å². The summed E-state index contributed by atoms with van der Waals surface area (Å²) >= 11 is 0. The van der Waals surface area contributed by atoms with Crippen LogP contribution in [0.25, 0.3) is 6.08 Å². The van der Waals surface area contributed by atoms with E-state index in [4.69, 9.17) is 0 Å². The van der Waals surface area contributed by atoms with Gasteiger partial charge in [-0.2, -0.15) is 0 Å². The highest BCUT2D eigenvalue weighted by molar-refractivity contribution is 5.45. The Bertz CT molecular complexity index is 527. The molecule has 0 spiro atoms. The van der Waals surface area contributed by atoms with Crippen LogP contribution in [0.15, 0.2) is 24.4 Å². The Morgan fingerprint density at radius 2 is 1.79 bits per heavy atom. The molecule has 1 saturated carbocycles. The topological polar surface area (TPSA) is 19.4 Å². The molecule has 1 aromatic rings. The molecule has 2 heterocycles. The van der Waals surface area contributed by atoms with E-state index >= 15 is 0 Å². The number of pyridine rings is 1. The molecule has 1 saturated heterocycles. The third-order valence-electron chi connectivity index (χ3n) is 5.55. The van der Waals surface area contributed by atoms with Gasteiger partial charge in [-0.3, -0.25) is 14.8 Å². The van der Waals surface area contributed by atoms with Gasteiger partial charge in [0.25, 0.3) is 0 Å². The summed E-state index contributed by atoms with van der Waals surface area (Å²) in [6, 6.07) is 5.22. The van der Waals surface area contributed by atoms with Crippen molar-refractivity contribution < 1.29 is 0 Å². The van der Waals surface area contributed by atoms with Crippen molar-refractivity contribution in [1.29, 1.82) is 0 Å². The molecule has 0 unspecified atom stereocenters. The fourth-order valence-electron chi connectivity index (χ4n) is 3.85. The van der Waals surface area contributed by atoms with Gasteiger partial charge in [-0.05, 0) is 36.0 Å². The van der Waals surface area contributed by atoms with Gasteiger partial charge in [0, 0.05) is 45.0 Å². The molecule has 1 aliphatic carbocycles. The average molecular weight is 328 g/mol. The quantitative estimate of drug-likeness (QED) is 0.834. The standard InChI is InChI=1S/C21H33N3/c1-21(2,3)18-10-11-19(22-17-18)7-6-12-23-13-15-24(16-14-23)20-8-4-5-9-20/h6-7,10-11,17,20H,4-5,8-9,12-16H2,1-3H3/b7-6+. The van der Waals surface area contributed by atoms with Crippen LogP contribution in [0.4, 0.5) is 0 Å². The molecule has 3 heteroatoms. The van der Waals surface area contributed by atoms with Gasteiger partial charge < -0.3 is 0 Å².